The SMILES string of the molecule is CCC[C@@H](C(=O)N(CCC)CCC)N1CC(c2ccc3c(c2)OCO3)C(C(=O)OCC)C1c1ccc(OC)cc1. The fourth-order valence-electron chi connectivity index (χ4n) is 6.18. The molecule has 2 aromatic carbocycles. The largest absolute Gasteiger partial charge is 0.497 e. The molecule has 2 aliphatic rings. The number of ether oxygens (including phenoxy) is 4. The van der Waals surface area contributed by atoms with E-state index in [1.54, 1.807) is 7.11 Å². The van der Waals surface area contributed by atoms with Crippen LogP contribution < -0.4 is 14.2 Å². The molecule has 2 aliphatic heterocycles. The van der Waals surface area contributed by atoms with Crippen molar-refractivity contribution in [3.05, 3.63) is 53.6 Å². The van der Waals surface area contributed by atoms with E-state index in [2.05, 4.69) is 25.7 Å². The van der Waals surface area contributed by atoms with Gasteiger partial charge in [0.05, 0.1) is 25.7 Å². The van der Waals surface area contributed by atoms with Gasteiger partial charge in [-0.15, -0.1) is 0 Å². The molecule has 4 rings (SSSR count). The van der Waals surface area contributed by atoms with Crippen LogP contribution >= 0.6 is 0 Å². The molecule has 4 atom stereocenters. The monoisotopic (exact) mass is 552 g/mol. The average molecular weight is 553 g/mol. The number of benzene rings is 2. The van der Waals surface area contributed by atoms with Crippen LogP contribution in [0, 0.1) is 5.92 Å². The highest BCUT2D eigenvalue weighted by Gasteiger charge is 2.51. The molecular weight excluding hydrogens is 508 g/mol. The number of methoxy groups -OCH3 is 1. The summed E-state index contributed by atoms with van der Waals surface area (Å²) in [7, 11) is 1.64. The molecule has 2 heterocycles. The van der Waals surface area contributed by atoms with Gasteiger partial charge in [-0.05, 0) is 61.6 Å². The lowest BCUT2D eigenvalue weighted by molar-refractivity contribution is -0.150. The van der Waals surface area contributed by atoms with Crippen molar-refractivity contribution in [2.45, 2.75) is 71.4 Å². The van der Waals surface area contributed by atoms with Crippen molar-refractivity contribution in [1.29, 1.82) is 0 Å². The van der Waals surface area contributed by atoms with Crippen LogP contribution in [0.15, 0.2) is 42.5 Å². The van der Waals surface area contributed by atoms with Gasteiger partial charge in [-0.3, -0.25) is 14.5 Å². The van der Waals surface area contributed by atoms with Crippen molar-refractivity contribution in [2.75, 3.05) is 40.1 Å². The Morgan fingerprint density at radius 1 is 0.950 bits per heavy atom. The maximum atomic E-state index is 14.2. The number of carbonyl (C=O) groups is 2. The molecule has 2 aromatic rings. The number of rotatable bonds is 13. The Labute approximate surface area is 238 Å². The van der Waals surface area contributed by atoms with Gasteiger partial charge < -0.3 is 23.8 Å². The van der Waals surface area contributed by atoms with Crippen LogP contribution in [0.5, 0.6) is 17.2 Å². The molecule has 0 aliphatic carbocycles. The van der Waals surface area contributed by atoms with Crippen molar-refractivity contribution < 1.29 is 28.5 Å². The second-order valence-electron chi connectivity index (χ2n) is 10.5. The van der Waals surface area contributed by atoms with E-state index in [1.165, 1.54) is 0 Å². The van der Waals surface area contributed by atoms with Gasteiger partial charge in [0.1, 0.15) is 5.75 Å². The Hall–Kier alpha value is -3.26. The Kier molecular flexibility index (Phi) is 10.3. The first kappa shape index (κ1) is 29.7. The Morgan fingerprint density at radius 3 is 2.25 bits per heavy atom. The van der Waals surface area contributed by atoms with Crippen molar-refractivity contribution in [3.63, 3.8) is 0 Å². The number of likely N-dealkylation sites (tertiary alicyclic amines) is 1. The van der Waals surface area contributed by atoms with Gasteiger partial charge in [-0.25, -0.2) is 0 Å². The predicted molar refractivity (Wildman–Crippen MR) is 154 cm³/mol. The summed E-state index contributed by atoms with van der Waals surface area (Å²) in [5.74, 6) is 1.30. The van der Waals surface area contributed by atoms with Crippen LogP contribution in [0.4, 0.5) is 0 Å². The highest BCUT2D eigenvalue weighted by Crippen LogP contribution is 2.49. The van der Waals surface area contributed by atoms with E-state index in [1.807, 2.05) is 54.3 Å². The Bertz CT molecular complexity index is 1130. The van der Waals surface area contributed by atoms with E-state index < -0.39 is 5.92 Å². The molecule has 0 bridgehead atoms. The Balaban J connectivity index is 1.83. The number of carbonyl (C=O) groups excluding carboxylic acids is 2. The average Bonchev–Trinajstić information content (AvgIpc) is 3.60. The molecule has 0 saturated carbocycles. The van der Waals surface area contributed by atoms with Gasteiger partial charge in [0.15, 0.2) is 11.5 Å². The summed E-state index contributed by atoms with van der Waals surface area (Å²) in [6.07, 6.45) is 3.36. The van der Waals surface area contributed by atoms with Crippen molar-refractivity contribution >= 4 is 11.9 Å². The molecule has 1 saturated heterocycles. The first-order valence-corrected chi connectivity index (χ1v) is 14.7. The fraction of sp³-hybridized carbons (Fsp3) is 0.562. The summed E-state index contributed by atoms with van der Waals surface area (Å²) < 4.78 is 22.4. The number of hydrogen-bond acceptors (Lipinski definition) is 7. The molecule has 218 valence electrons. The zero-order chi connectivity index (χ0) is 28.6. The first-order chi connectivity index (χ1) is 19.5. The number of fused-ring (bicyclic) bond motifs is 1. The summed E-state index contributed by atoms with van der Waals surface area (Å²) in [4.78, 5) is 32.2. The van der Waals surface area contributed by atoms with Crippen LogP contribution in [-0.2, 0) is 14.3 Å². The lowest BCUT2D eigenvalue weighted by atomic mass is 9.82. The van der Waals surface area contributed by atoms with Crippen molar-refractivity contribution in [3.8, 4) is 17.2 Å². The van der Waals surface area contributed by atoms with Gasteiger partial charge >= 0.3 is 5.97 Å². The highest BCUT2D eigenvalue weighted by atomic mass is 16.7. The summed E-state index contributed by atoms with van der Waals surface area (Å²) >= 11 is 0. The summed E-state index contributed by atoms with van der Waals surface area (Å²) in [6.45, 7) is 10.6. The van der Waals surface area contributed by atoms with Crippen LogP contribution in [0.25, 0.3) is 0 Å². The van der Waals surface area contributed by atoms with E-state index in [0.29, 0.717) is 24.5 Å². The van der Waals surface area contributed by atoms with Crippen LogP contribution in [0.3, 0.4) is 0 Å². The zero-order valence-corrected chi connectivity index (χ0v) is 24.6. The molecular formula is C32H44N2O6. The minimum absolute atomic E-state index is 0.137. The minimum Gasteiger partial charge on any atom is -0.497 e. The van der Waals surface area contributed by atoms with Crippen LogP contribution in [-0.4, -0.2) is 67.9 Å². The van der Waals surface area contributed by atoms with E-state index in [0.717, 1.165) is 49.2 Å². The summed E-state index contributed by atoms with van der Waals surface area (Å²) in [6, 6.07) is 13.0. The number of amides is 1. The molecule has 3 unspecified atom stereocenters. The summed E-state index contributed by atoms with van der Waals surface area (Å²) in [5.41, 5.74) is 1.94. The van der Waals surface area contributed by atoms with Crippen LogP contribution in [0.2, 0.25) is 0 Å². The molecule has 40 heavy (non-hydrogen) atoms. The van der Waals surface area contributed by atoms with E-state index >= 15 is 0 Å². The van der Waals surface area contributed by atoms with Gasteiger partial charge in [-0.2, -0.15) is 0 Å². The Morgan fingerprint density at radius 2 is 1.62 bits per heavy atom. The zero-order valence-electron chi connectivity index (χ0n) is 24.6. The topological polar surface area (TPSA) is 77.5 Å². The van der Waals surface area contributed by atoms with Crippen LogP contribution in [0.1, 0.15) is 76.5 Å². The third-order valence-electron chi connectivity index (χ3n) is 7.93. The van der Waals surface area contributed by atoms with Gasteiger partial charge in [-0.1, -0.05) is 45.4 Å². The lowest BCUT2D eigenvalue weighted by Crippen LogP contribution is -2.49. The van der Waals surface area contributed by atoms with E-state index in [9.17, 15) is 9.59 Å². The van der Waals surface area contributed by atoms with Crippen molar-refractivity contribution in [1.82, 2.24) is 9.80 Å². The second kappa shape index (κ2) is 13.9. The molecule has 0 N–H and O–H groups in total. The van der Waals surface area contributed by atoms with E-state index in [4.69, 9.17) is 18.9 Å². The lowest BCUT2D eigenvalue weighted by Gasteiger charge is -2.37. The quantitative estimate of drug-likeness (QED) is 0.301. The smallest absolute Gasteiger partial charge is 0.311 e. The normalized spacial score (nSPS) is 20.8. The third-order valence-corrected chi connectivity index (χ3v) is 7.93. The molecule has 0 aromatic heterocycles. The maximum Gasteiger partial charge on any atom is 0.311 e. The molecule has 0 radical (unpaired) electrons. The maximum absolute atomic E-state index is 14.2. The molecule has 1 fully saturated rings. The van der Waals surface area contributed by atoms with E-state index in [-0.39, 0.29) is 43.3 Å². The second-order valence-corrected chi connectivity index (χ2v) is 10.5. The molecule has 0 spiro atoms. The van der Waals surface area contributed by atoms with Gasteiger partial charge in [0.2, 0.25) is 12.7 Å². The number of esters is 1. The van der Waals surface area contributed by atoms with Crippen molar-refractivity contribution in [2.24, 2.45) is 5.92 Å². The summed E-state index contributed by atoms with van der Waals surface area (Å²) in [5, 5.41) is 0. The van der Waals surface area contributed by atoms with Gasteiger partial charge in [0.25, 0.3) is 0 Å². The third kappa shape index (κ3) is 6.22. The number of nitrogens with zero attached hydrogens (tertiary/aromatic N) is 2. The molecule has 8 heteroatoms. The predicted octanol–water partition coefficient (Wildman–Crippen LogP) is 5.56. The van der Waals surface area contributed by atoms with Gasteiger partial charge in [0, 0.05) is 31.6 Å². The first-order valence-electron chi connectivity index (χ1n) is 14.7. The molecule has 1 amide bonds. The standard InChI is InChI=1S/C32H44N2O6/c1-6-10-26(31(35)33(17-7-2)18-8-3)34-20-25(23-13-16-27-28(19-23)40-21-39-27)29(32(36)38-9-4)30(34)22-11-14-24(37-5)15-12-22/h11-16,19,25-26,29-30H,6-10,17-18,20-21H2,1-5H3/t25?,26-,29?,30?/m0/s1. The molecule has 8 nitrogen and oxygen atoms in total. The minimum atomic E-state index is -0.508. The fourth-order valence-corrected chi connectivity index (χ4v) is 6.18. The number of hydrogen-bond donors (Lipinski definition) is 0. The highest BCUT2D eigenvalue weighted by molar-refractivity contribution is 5.83.